The van der Waals surface area contributed by atoms with E-state index in [1.165, 1.54) is 0 Å². The van der Waals surface area contributed by atoms with Gasteiger partial charge in [0.1, 0.15) is 0 Å². The number of carboxylic acid groups (broad SMARTS) is 1. The lowest BCUT2D eigenvalue weighted by Crippen LogP contribution is -2.38. The number of hydrogen-bond donors (Lipinski definition) is 2. The fraction of sp³-hybridized carbons (Fsp3) is 0.111. The van der Waals surface area contributed by atoms with Crippen molar-refractivity contribution in [1.29, 1.82) is 0 Å². The van der Waals surface area contributed by atoms with E-state index in [0.29, 0.717) is 0 Å². The predicted molar refractivity (Wildman–Crippen MR) is 46.1 cm³/mol. The largest absolute Gasteiger partial charge is 0.478 e. The van der Waals surface area contributed by atoms with Crippen LogP contribution in [0.5, 0.6) is 0 Å². The molecule has 66 valence electrons. The van der Waals surface area contributed by atoms with E-state index in [2.05, 4.69) is 4.98 Å². The zero-order valence-corrected chi connectivity index (χ0v) is 6.90. The fourth-order valence-electron chi connectivity index (χ4n) is 1.36. The van der Waals surface area contributed by atoms with Crippen LogP contribution in [0.2, 0.25) is 0 Å². The summed E-state index contributed by atoms with van der Waals surface area (Å²) in [5.41, 5.74) is 0.838. The maximum Gasteiger partial charge on any atom is 0.346 e. The van der Waals surface area contributed by atoms with Crippen LogP contribution >= 0.6 is 0 Å². The zero-order valence-electron chi connectivity index (χ0n) is 6.90. The van der Waals surface area contributed by atoms with Gasteiger partial charge in [0.2, 0.25) is 0 Å². The number of rotatable bonds is 2. The van der Waals surface area contributed by atoms with E-state index in [4.69, 9.17) is 5.11 Å². The summed E-state index contributed by atoms with van der Waals surface area (Å²) in [6.45, 7) is -0.0160. The maximum atomic E-state index is 10.5. The van der Waals surface area contributed by atoms with Gasteiger partial charge < -0.3 is 5.11 Å². The first-order valence-corrected chi connectivity index (χ1v) is 3.95. The van der Waals surface area contributed by atoms with E-state index in [1.54, 1.807) is 17.0 Å². The average molecular weight is 177 g/mol. The highest BCUT2D eigenvalue weighted by Gasteiger charge is 2.09. The van der Waals surface area contributed by atoms with Gasteiger partial charge in [-0.1, -0.05) is 0 Å². The van der Waals surface area contributed by atoms with Crippen LogP contribution in [-0.2, 0) is 11.3 Å². The normalized spacial score (nSPS) is 10.5. The molecule has 0 spiro atoms. The lowest BCUT2D eigenvalue weighted by Gasteiger charge is -1.95. The smallest absolute Gasteiger partial charge is 0.346 e. The average Bonchev–Trinajstić information content (AvgIpc) is 2.51. The molecule has 0 aliphatic rings. The minimum atomic E-state index is -0.841. The Balaban J connectivity index is 2.54. The van der Waals surface area contributed by atoms with Crippen molar-refractivity contribution in [3.05, 3.63) is 30.6 Å². The van der Waals surface area contributed by atoms with Gasteiger partial charge in [-0.3, -0.25) is 0 Å². The Morgan fingerprint density at radius 2 is 2.38 bits per heavy atom. The van der Waals surface area contributed by atoms with Gasteiger partial charge in [-0.25, -0.2) is 14.3 Å². The summed E-state index contributed by atoms with van der Waals surface area (Å²) < 4.78 is 1.66. The Morgan fingerprint density at radius 1 is 1.54 bits per heavy atom. The molecule has 0 aliphatic heterocycles. The van der Waals surface area contributed by atoms with Crippen molar-refractivity contribution < 1.29 is 14.5 Å². The number of H-pyrrole nitrogens is 1. The number of nitrogens with one attached hydrogen (secondary N) is 1. The highest BCUT2D eigenvalue weighted by atomic mass is 16.4. The van der Waals surface area contributed by atoms with E-state index in [0.717, 1.165) is 11.0 Å². The van der Waals surface area contributed by atoms with E-state index in [9.17, 15) is 4.79 Å². The molecule has 2 heterocycles. The molecule has 0 radical (unpaired) electrons. The molecule has 0 amide bonds. The third-order valence-corrected chi connectivity index (χ3v) is 1.89. The third-order valence-electron chi connectivity index (χ3n) is 1.89. The standard InChI is InChI=1S/C9H8N2O2/c12-8(13)6-11-5-1-2-7-3-4-10-9(7)11/h1-5H,6H2,(H,12,13)/p+1. The minimum Gasteiger partial charge on any atom is -0.478 e. The van der Waals surface area contributed by atoms with Gasteiger partial charge in [0.05, 0.1) is 17.8 Å². The van der Waals surface area contributed by atoms with Gasteiger partial charge >= 0.3 is 5.97 Å². The van der Waals surface area contributed by atoms with Crippen LogP contribution in [0.15, 0.2) is 30.6 Å². The summed E-state index contributed by atoms with van der Waals surface area (Å²) in [7, 11) is 0. The summed E-state index contributed by atoms with van der Waals surface area (Å²) in [6.07, 6.45) is 3.54. The Labute approximate surface area is 74.4 Å². The third kappa shape index (κ3) is 1.38. The van der Waals surface area contributed by atoms with Crippen LogP contribution in [-0.4, -0.2) is 16.1 Å². The van der Waals surface area contributed by atoms with Gasteiger partial charge in [0.25, 0.3) is 5.65 Å². The molecule has 0 saturated carbocycles. The van der Waals surface area contributed by atoms with Gasteiger partial charge in [-0.05, 0) is 18.2 Å². The molecule has 13 heavy (non-hydrogen) atoms. The van der Waals surface area contributed by atoms with Crippen LogP contribution in [0.4, 0.5) is 0 Å². The number of carbonyl (C=O) groups is 1. The van der Waals surface area contributed by atoms with Crippen molar-refractivity contribution in [2.45, 2.75) is 6.54 Å². The summed E-state index contributed by atoms with van der Waals surface area (Å²) in [6, 6.07) is 5.68. The topological polar surface area (TPSA) is 57.0 Å². The Kier molecular flexibility index (Phi) is 1.73. The Hall–Kier alpha value is -1.84. The molecule has 2 aromatic heterocycles. The van der Waals surface area contributed by atoms with Gasteiger partial charge in [0.15, 0.2) is 6.54 Å². The second-order valence-corrected chi connectivity index (χ2v) is 2.81. The monoisotopic (exact) mass is 177 g/mol. The first kappa shape index (κ1) is 7.79. The second kappa shape index (κ2) is 2.90. The van der Waals surface area contributed by atoms with E-state index < -0.39 is 5.97 Å². The van der Waals surface area contributed by atoms with Crippen molar-refractivity contribution in [1.82, 2.24) is 4.98 Å². The zero-order chi connectivity index (χ0) is 9.26. The molecule has 0 aliphatic carbocycles. The summed E-state index contributed by atoms with van der Waals surface area (Å²) in [5.74, 6) is -0.841. The molecule has 0 aromatic carbocycles. The first-order chi connectivity index (χ1) is 6.27. The summed E-state index contributed by atoms with van der Waals surface area (Å²) >= 11 is 0. The van der Waals surface area contributed by atoms with Crippen LogP contribution in [0.3, 0.4) is 0 Å². The molecule has 2 rings (SSSR count). The molecule has 4 heteroatoms. The molecule has 0 bridgehead atoms. The fourth-order valence-corrected chi connectivity index (χ4v) is 1.36. The van der Waals surface area contributed by atoms with Gasteiger partial charge in [-0.15, -0.1) is 0 Å². The van der Waals surface area contributed by atoms with E-state index >= 15 is 0 Å². The number of aromatic nitrogens is 2. The Morgan fingerprint density at radius 3 is 3.15 bits per heavy atom. The molecular formula is C9H9N2O2+. The molecule has 0 unspecified atom stereocenters. The van der Waals surface area contributed by atoms with Crippen LogP contribution in [0, 0.1) is 0 Å². The molecule has 2 N–H and O–H groups in total. The lowest BCUT2D eigenvalue weighted by molar-refractivity contribution is -0.661. The number of aliphatic carboxylic acids is 1. The molecule has 4 nitrogen and oxygen atoms in total. The van der Waals surface area contributed by atoms with E-state index in [-0.39, 0.29) is 6.54 Å². The van der Waals surface area contributed by atoms with Crippen molar-refractivity contribution in [3.8, 4) is 0 Å². The quantitative estimate of drug-likeness (QED) is 0.658. The van der Waals surface area contributed by atoms with Crippen LogP contribution in [0.25, 0.3) is 11.0 Å². The SMILES string of the molecule is O=C(O)C[n+]1cccc2cc[nH]c21. The van der Waals surface area contributed by atoms with Gasteiger partial charge in [0, 0.05) is 0 Å². The molecule has 0 atom stereocenters. The highest BCUT2D eigenvalue weighted by molar-refractivity contribution is 5.72. The first-order valence-electron chi connectivity index (χ1n) is 3.95. The highest BCUT2D eigenvalue weighted by Crippen LogP contribution is 2.05. The number of carboxylic acids is 1. The second-order valence-electron chi connectivity index (χ2n) is 2.81. The number of fused-ring (bicyclic) bond motifs is 1. The van der Waals surface area contributed by atoms with Crippen molar-refractivity contribution in [2.24, 2.45) is 0 Å². The van der Waals surface area contributed by atoms with Gasteiger partial charge in [-0.2, -0.15) is 0 Å². The lowest BCUT2D eigenvalue weighted by atomic mass is 10.3. The van der Waals surface area contributed by atoms with Crippen molar-refractivity contribution in [3.63, 3.8) is 0 Å². The van der Waals surface area contributed by atoms with Crippen LogP contribution in [0.1, 0.15) is 0 Å². The molecule has 0 fully saturated rings. The molecule has 0 saturated heterocycles. The van der Waals surface area contributed by atoms with Crippen molar-refractivity contribution >= 4 is 17.0 Å². The predicted octanol–water partition coefficient (Wildman–Crippen LogP) is 0.540. The maximum absolute atomic E-state index is 10.5. The number of hydrogen-bond acceptors (Lipinski definition) is 1. The summed E-state index contributed by atoms with van der Waals surface area (Å²) in [5, 5.41) is 9.65. The Bertz CT molecular complexity index is 448. The molecule has 2 aromatic rings. The number of nitrogens with zero attached hydrogens (tertiary/aromatic N) is 1. The number of pyridine rings is 1. The minimum absolute atomic E-state index is 0.0160. The van der Waals surface area contributed by atoms with E-state index in [1.807, 2.05) is 18.2 Å². The van der Waals surface area contributed by atoms with Crippen LogP contribution < -0.4 is 4.57 Å². The molecular weight excluding hydrogens is 168 g/mol. The van der Waals surface area contributed by atoms with Crippen molar-refractivity contribution in [2.75, 3.05) is 0 Å². The summed E-state index contributed by atoms with van der Waals surface area (Å²) in [4.78, 5) is 13.5. The number of aromatic amines is 1.